The lowest BCUT2D eigenvalue weighted by Gasteiger charge is -2.36. The third kappa shape index (κ3) is 8.57. The quantitative estimate of drug-likeness (QED) is 0.122. The van der Waals surface area contributed by atoms with Crippen molar-refractivity contribution in [1.29, 1.82) is 0 Å². The van der Waals surface area contributed by atoms with Crippen molar-refractivity contribution in [3.05, 3.63) is 89.8 Å². The molecule has 7 rings (SSSR count). The van der Waals surface area contributed by atoms with Crippen LogP contribution in [-0.4, -0.2) is 87.7 Å². The zero-order valence-corrected chi connectivity index (χ0v) is 33.4. The summed E-state index contributed by atoms with van der Waals surface area (Å²) in [7, 11) is -2.00. The highest BCUT2D eigenvalue weighted by molar-refractivity contribution is 7.88. The number of aromatic nitrogens is 1. The topological polar surface area (TPSA) is 130 Å². The van der Waals surface area contributed by atoms with Gasteiger partial charge in [-0.1, -0.05) is 31.4 Å². The van der Waals surface area contributed by atoms with E-state index in [4.69, 9.17) is 9.47 Å². The van der Waals surface area contributed by atoms with Crippen LogP contribution in [0, 0.1) is 5.82 Å². The lowest BCUT2D eigenvalue weighted by atomic mass is 9.81. The summed E-state index contributed by atoms with van der Waals surface area (Å²) in [5.74, 6) is -0.837. The number of hydrogen-bond donors (Lipinski definition) is 1. The Bertz CT molecular complexity index is 2290. The van der Waals surface area contributed by atoms with Gasteiger partial charge in [0.15, 0.2) is 0 Å². The summed E-state index contributed by atoms with van der Waals surface area (Å²) in [5, 5.41) is 3.70. The molecular formula is C43H50FN5O7S. The predicted molar refractivity (Wildman–Crippen MR) is 219 cm³/mol. The summed E-state index contributed by atoms with van der Waals surface area (Å²) in [6.07, 6.45) is 9.11. The van der Waals surface area contributed by atoms with E-state index >= 15 is 4.39 Å². The van der Waals surface area contributed by atoms with Crippen molar-refractivity contribution in [2.45, 2.75) is 64.0 Å². The van der Waals surface area contributed by atoms with Crippen LogP contribution in [0.5, 0.6) is 5.75 Å². The fourth-order valence-electron chi connectivity index (χ4n) is 8.55. The Balaban J connectivity index is 1.25. The number of anilines is 2. The van der Waals surface area contributed by atoms with Crippen molar-refractivity contribution in [2.24, 2.45) is 0 Å². The first-order valence-electron chi connectivity index (χ1n) is 19.6. The number of sulfonamides is 1. The minimum absolute atomic E-state index is 0.0544. The second-order valence-electron chi connectivity index (χ2n) is 15.0. The molecule has 2 aliphatic heterocycles. The van der Waals surface area contributed by atoms with Crippen LogP contribution in [0.1, 0.15) is 72.3 Å². The number of carbonyl (C=O) groups is 3. The van der Waals surface area contributed by atoms with Crippen LogP contribution < -0.4 is 19.9 Å². The molecule has 14 heteroatoms. The normalized spacial score (nSPS) is 16.9. The van der Waals surface area contributed by atoms with Crippen LogP contribution >= 0.6 is 0 Å². The number of methoxy groups -OCH3 is 1. The Labute approximate surface area is 333 Å². The molecule has 3 heterocycles. The molecule has 3 aromatic carbocycles. The Kier molecular flexibility index (Phi) is 12.0. The number of esters is 1. The van der Waals surface area contributed by atoms with Gasteiger partial charge in [-0.15, -0.1) is 6.58 Å². The van der Waals surface area contributed by atoms with E-state index in [2.05, 4.69) is 16.8 Å². The van der Waals surface area contributed by atoms with Gasteiger partial charge in [0.1, 0.15) is 24.7 Å². The molecule has 0 atom stereocenters. The minimum atomic E-state index is -3.32. The average molecular weight is 800 g/mol. The van der Waals surface area contributed by atoms with Gasteiger partial charge in [0, 0.05) is 79.6 Å². The molecule has 3 fully saturated rings. The van der Waals surface area contributed by atoms with E-state index in [1.807, 2.05) is 28.8 Å². The molecule has 3 aliphatic rings. The number of nitrogens with one attached hydrogen (secondary N) is 1. The number of benzene rings is 3. The van der Waals surface area contributed by atoms with Gasteiger partial charge >= 0.3 is 5.97 Å². The molecule has 2 amide bonds. The summed E-state index contributed by atoms with van der Waals surface area (Å²) >= 11 is 0. The molecule has 1 N–H and O–H groups in total. The van der Waals surface area contributed by atoms with Crippen LogP contribution in [0.2, 0.25) is 0 Å². The molecule has 1 aromatic heterocycles. The Morgan fingerprint density at radius 3 is 2.40 bits per heavy atom. The van der Waals surface area contributed by atoms with Crippen LogP contribution in [0.15, 0.2) is 67.3 Å². The molecule has 0 unspecified atom stereocenters. The van der Waals surface area contributed by atoms with E-state index < -0.39 is 21.8 Å². The Morgan fingerprint density at radius 2 is 1.74 bits per heavy atom. The molecule has 57 heavy (non-hydrogen) atoms. The summed E-state index contributed by atoms with van der Waals surface area (Å²) < 4.78 is 55.7. The molecule has 0 radical (unpaired) electrons. The van der Waals surface area contributed by atoms with Gasteiger partial charge in [-0.05, 0) is 73.2 Å². The van der Waals surface area contributed by atoms with Crippen molar-refractivity contribution in [3.63, 3.8) is 0 Å². The maximum Gasteiger partial charge on any atom is 0.337 e. The lowest BCUT2D eigenvalue weighted by Crippen LogP contribution is -2.48. The molecular weight excluding hydrogens is 750 g/mol. The standard InChI is InChI=1S/C43H50FN5O7S/c1-4-18-45-39(50)27-49-38-25-30(43(52)55-2)12-15-35(38)41(29-9-6-5-7-10-29)42(49)34-16-14-33(26-36(34)44)56-28-31-24-32(48-19-8-11-40(48)51)13-17-37(31)46-20-22-47(23-21-46)57(3,53)54/h4,12-17,24-26,29H,1,5-11,18-23,27-28H2,2-3H3,(H,45,50). The number of carbonyl (C=O) groups excluding carboxylic acids is 3. The molecule has 4 aromatic rings. The predicted octanol–water partition coefficient (Wildman–Crippen LogP) is 6.37. The maximum absolute atomic E-state index is 16.7. The molecule has 302 valence electrons. The highest BCUT2D eigenvalue weighted by Gasteiger charge is 2.30. The molecule has 12 nitrogen and oxygen atoms in total. The van der Waals surface area contributed by atoms with Crippen molar-refractivity contribution in [3.8, 4) is 17.0 Å². The number of fused-ring (bicyclic) bond motifs is 1. The van der Waals surface area contributed by atoms with Crippen molar-refractivity contribution < 1.29 is 36.7 Å². The summed E-state index contributed by atoms with van der Waals surface area (Å²) in [5.41, 5.74) is 5.24. The Morgan fingerprint density at radius 1 is 0.965 bits per heavy atom. The van der Waals surface area contributed by atoms with Gasteiger partial charge in [0.25, 0.3) is 0 Å². The fraction of sp³-hybridized carbons (Fsp3) is 0.419. The van der Waals surface area contributed by atoms with Crippen LogP contribution in [0.25, 0.3) is 22.2 Å². The van der Waals surface area contributed by atoms with Crippen LogP contribution in [-0.2, 0) is 37.5 Å². The van der Waals surface area contributed by atoms with Gasteiger partial charge in [-0.25, -0.2) is 17.6 Å². The molecule has 0 spiro atoms. The molecule has 0 bridgehead atoms. The summed E-state index contributed by atoms with van der Waals surface area (Å²) in [4.78, 5) is 42.5. The van der Waals surface area contributed by atoms with E-state index in [0.717, 1.165) is 66.4 Å². The van der Waals surface area contributed by atoms with Gasteiger partial charge in [0.05, 0.1) is 30.1 Å². The second-order valence-corrected chi connectivity index (χ2v) is 17.0. The highest BCUT2D eigenvalue weighted by atomic mass is 32.2. The number of halogens is 1. The first-order valence-corrected chi connectivity index (χ1v) is 21.5. The monoisotopic (exact) mass is 799 g/mol. The molecule has 1 aliphatic carbocycles. The van der Waals surface area contributed by atoms with E-state index in [1.54, 1.807) is 35.2 Å². The SMILES string of the molecule is C=CCNC(=O)Cn1c(-c2ccc(OCc3cc(N4CCCC4=O)ccc3N3CCN(S(C)(=O)=O)CC3)cc2F)c(C2CCCCC2)c2ccc(C(=O)OC)cc21. The summed E-state index contributed by atoms with van der Waals surface area (Å²) in [6, 6.07) is 15.9. The zero-order valence-electron chi connectivity index (χ0n) is 32.6. The number of nitrogens with zero attached hydrogens (tertiary/aromatic N) is 4. The van der Waals surface area contributed by atoms with Gasteiger partial charge in [0.2, 0.25) is 21.8 Å². The molecule has 2 saturated heterocycles. The van der Waals surface area contributed by atoms with Gasteiger partial charge < -0.3 is 29.2 Å². The zero-order chi connectivity index (χ0) is 40.3. The number of rotatable bonds is 13. The summed E-state index contributed by atoms with van der Waals surface area (Å²) in [6.45, 7) is 6.22. The van der Waals surface area contributed by atoms with E-state index in [0.29, 0.717) is 67.2 Å². The minimum Gasteiger partial charge on any atom is -0.489 e. The van der Waals surface area contributed by atoms with Crippen molar-refractivity contribution >= 4 is 50.1 Å². The fourth-order valence-corrected chi connectivity index (χ4v) is 9.38. The first kappa shape index (κ1) is 40.0. The highest BCUT2D eigenvalue weighted by Crippen LogP contribution is 2.45. The van der Waals surface area contributed by atoms with Gasteiger partial charge in [-0.2, -0.15) is 4.31 Å². The third-order valence-electron chi connectivity index (χ3n) is 11.4. The van der Waals surface area contributed by atoms with Crippen molar-refractivity contribution in [2.75, 3.05) is 62.4 Å². The van der Waals surface area contributed by atoms with Crippen molar-refractivity contribution in [1.82, 2.24) is 14.2 Å². The lowest BCUT2D eigenvalue weighted by molar-refractivity contribution is -0.121. The van der Waals surface area contributed by atoms with Crippen LogP contribution in [0.3, 0.4) is 0 Å². The Hall–Kier alpha value is -5.21. The van der Waals surface area contributed by atoms with E-state index in [-0.39, 0.29) is 37.4 Å². The largest absolute Gasteiger partial charge is 0.489 e. The molecule has 1 saturated carbocycles. The second kappa shape index (κ2) is 17.1. The van der Waals surface area contributed by atoms with Crippen LogP contribution in [0.4, 0.5) is 15.8 Å². The smallest absolute Gasteiger partial charge is 0.337 e. The van der Waals surface area contributed by atoms with E-state index in [1.165, 1.54) is 23.7 Å². The number of hydrogen-bond acceptors (Lipinski definition) is 8. The third-order valence-corrected chi connectivity index (χ3v) is 12.7. The number of piperazine rings is 1. The van der Waals surface area contributed by atoms with Gasteiger partial charge in [-0.3, -0.25) is 9.59 Å². The maximum atomic E-state index is 16.7. The van der Waals surface area contributed by atoms with E-state index in [9.17, 15) is 22.8 Å². The number of ether oxygens (including phenoxy) is 2. The number of amides is 2. The first-order chi connectivity index (χ1) is 27.5. The average Bonchev–Trinajstić information content (AvgIpc) is 3.79.